The van der Waals surface area contributed by atoms with Crippen molar-refractivity contribution in [2.24, 2.45) is 0 Å². The summed E-state index contributed by atoms with van der Waals surface area (Å²) in [4.78, 5) is 11.7. The summed E-state index contributed by atoms with van der Waals surface area (Å²) >= 11 is 0. The van der Waals surface area contributed by atoms with Crippen molar-refractivity contribution in [1.82, 2.24) is 0 Å². The third kappa shape index (κ3) is 4.55. The second kappa shape index (κ2) is 7.93. The lowest BCUT2D eigenvalue weighted by atomic mass is 9.98. The summed E-state index contributed by atoms with van der Waals surface area (Å²) < 4.78 is 10.6. The molecule has 1 rings (SSSR count). The summed E-state index contributed by atoms with van der Waals surface area (Å²) in [7, 11) is 1.40. The van der Waals surface area contributed by atoms with Gasteiger partial charge in [-0.15, -0.1) is 0 Å². The summed E-state index contributed by atoms with van der Waals surface area (Å²) in [6.07, 6.45) is 2.16. The predicted molar refractivity (Wildman–Crippen MR) is 81.2 cm³/mol. The quantitative estimate of drug-likeness (QED) is 0.700. The molecule has 3 heteroatoms. The number of hydrogen-bond donors (Lipinski definition) is 0. The van der Waals surface area contributed by atoms with Crippen molar-refractivity contribution in [3.63, 3.8) is 0 Å². The van der Waals surface area contributed by atoms with Crippen LogP contribution in [0.5, 0.6) is 5.75 Å². The Morgan fingerprint density at radius 3 is 2.50 bits per heavy atom. The number of benzene rings is 1. The van der Waals surface area contributed by atoms with Gasteiger partial charge in [0, 0.05) is 0 Å². The molecule has 0 amide bonds. The van der Waals surface area contributed by atoms with Crippen LogP contribution in [0, 0.1) is 6.92 Å². The molecule has 0 N–H and O–H groups in total. The van der Waals surface area contributed by atoms with E-state index in [0.717, 1.165) is 18.6 Å². The molecular formula is C17H26O3. The monoisotopic (exact) mass is 278 g/mol. The Morgan fingerprint density at radius 2 is 2.00 bits per heavy atom. The zero-order valence-electron chi connectivity index (χ0n) is 13.2. The predicted octanol–water partition coefficient (Wildman–Crippen LogP) is 4.23. The van der Waals surface area contributed by atoms with Crippen molar-refractivity contribution in [2.45, 2.75) is 59.0 Å². The number of carbonyl (C=O) groups is 1. The van der Waals surface area contributed by atoms with Crippen molar-refractivity contribution in [3.05, 3.63) is 29.3 Å². The average molecular weight is 278 g/mol. The van der Waals surface area contributed by atoms with E-state index in [1.165, 1.54) is 18.2 Å². The smallest absolute Gasteiger partial charge is 0.347 e. The van der Waals surface area contributed by atoms with Gasteiger partial charge in [-0.1, -0.05) is 33.3 Å². The standard InChI is InChI=1S/C17H26O3/c1-6-7-8-16(17(18)19-5)20-14-9-10-15(12(2)3)13(4)11-14/h9-12,16H,6-8H2,1-5H3. The van der Waals surface area contributed by atoms with E-state index in [-0.39, 0.29) is 5.97 Å². The number of aryl methyl sites for hydroxylation is 1. The van der Waals surface area contributed by atoms with Crippen molar-refractivity contribution in [2.75, 3.05) is 7.11 Å². The third-order valence-electron chi connectivity index (χ3n) is 3.43. The molecule has 0 saturated heterocycles. The Hall–Kier alpha value is -1.51. The molecule has 0 aliphatic heterocycles. The van der Waals surface area contributed by atoms with Crippen LogP contribution in [0.3, 0.4) is 0 Å². The number of hydrogen-bond acceptors (Lipinski definition) is 3. The highest BCUT2D eigenvalue weighted by molar-refractivity contribution is 5.74. The van der Waals surface area contributed by atoms with Crippen LogP contribution in [-0.2, 0) is 9.53 Å². The van der Waals surface area contributed by atoms with E-state index in [1.54, 1.807) is 0 Å². The number of esters is 1. The van der Waals surface area contributed by atoms with Gasteiger partial charge in [0.1, 0.15) is 5.75 Å². The van der Waals surface area contributed by atoms with Crippen LogP contribution in [0.4, 0.5) is 0 Å². The number of rotatable bonds is 7. The molecule has 0 heterocycles. The van der Waals surface area contributed by atoms with Crippen molar-refractivity contribution >= 4 is 5.97 Å². The van der Waals surface area contributed by atoms with Crippen LogP contribution in [0.25, 0.3) is 0 Å². The first-order valence-electron chi connectivity index (χ1n) is 7.34. The van der Waals surface area contributed by atoms with Crippen LogP contribution in [0.1, 0.15) is 57.1 Å². The second-order valence-electron chi connectivity index (χ2n) is 5.44. The lowest BCUT2D eigenvalue weighted by molar-refractivity contribution is -0.149. The second-order valence-corrected chi connectivity index (χ2v) is 5.44. The minimum Gasteiger partial charge on any atom is -0.479 e. The molecule has 3 nitrogen and oxygen atoms in total. The van der Waals surface area contributed by atoms with E-state index in [9.17, 15) is 4.79 Å². The number of carbonyl (C=O) groups excluding carboxylic acids is 1. The van der Waals surface area contributed by atoms with Gasteiger partial charge in [0.05, 0.1) is 7.11 Å². The zero-order valence-corrected chi connectivity index (χ0v) is 13.2. The van der Waals surface area contributed by atoms with Crippen molar-refractivity contribution in [1.29, 1.82) is 0 Å². The molecule has 0 spiro atoms. The maximum atomic E-state index is 11.7. The highest BCUT2D eigenvalue weighted by Crippen LogP contribution is 2.24. The van der Waals surface area contributed by atoms with Crippen molar-refractivity contribution in [3.8, 4) is 5.75 Å². The largest absolute Gasteiger partial charge is 0.479 e. The van der Waals surface area contributed by atoms with Crippen LogP contribution in [0.15, 0.2) is 18.2 Å². The summed E-state index contributed by atoms with van der Waals surface area (Å²) in [6.45, 7) is 8.50. The SMILES string of the molecule is CCCCC(Oc1ccc(C(C)C)c(C)c1)C(=O)OC. The summed E-state index contributed by atoms with van der Waals surface area (Å²) in [6, 6.07) is 6.00. The highest BCUT2D eigenvalue weighted by atomic mass is 16.6. The van der Waals surface area contributed by atoms with Gasteiger partial charge in [0.2, 0.25) is 0 Å². The van der Waals surface area contributed by atoms with Gasteiger partial charge in [-0.3, -0.25) is 0 Å². The minimum atomic E-state index is -0.510. The Morgan fingerprint density at radius 1 is 1.30 bits per heavy atom. The highest BCUT2D eigenvalue weighted by Gasteiger charge is 2.20. The molecule has 1 aromatic carbocycles. The van der Waals surface area contributed by atoms with Crippen LogP contribution in [-0.4, -0.2) is 19.2 Å². The first-order chi connectivity index (χ1) is 9.49. The maximum absolute atomic E-state index is 11.7. The van der Waals surface area contributed by atoms with E-state index in [0.29, 0.717) is 12.3 Å². The molecule has 0 bridgehead atoms. The fourth-order valence-electron chi connectivity index (χ4n) is 2.28. The Bertz CT molecular complexity index is 438. The van der Waals surface area contributed by atoms with Gasteiger partial charge in [-0.25, -0.2) is 4.79 Å². The van der Waals surface area contributed by atoms with Crippen LogP contribution < -0.4 is 4.74 Å². The summed E-state index contributed by atoms with van der Waals surface area (Å²) in [5.74, 6) is 0.919. The van der Waals surface area contributed by atoms with E-state index in [1.807, 2.05) is 12.1 Å². The average Bonchev–Trinajstić information content (AvgIpc) is 2.42. The number of methoxy groups -OCH3 is 1. The molecule has 0 aliphatic rings. The fourth-order valence-corrected chi connectivity index (χ4v) is 2.28. The number of ether oxygens (including phenoxy) is 2. The first-order valence-corrected chi connectivity index (χ1v) is 7.34. The maximum Gasteiger partial charge on any atom is 0.347 e. The topological polar surface area (TPSA) is 35.5 Å². The molecule has 1 atom stereocenters. The lowest BCUT2D eigenvalue weighted by Gasteiger charge is -2.18. The molecule has 0 radical (unpaired) electrons. The van der Waals surface area contributed by atoms with Crippen LogP contribution >= 0.6 is 0 Å². The summed E-state index contributed by atoms with van der Waals surface area (Å²) in [5.41, 5.74) is 2.50. The third-order valence-corrected chi connectivity index (χ3v) is 3.43. The van der Waals surface area contributed by atoms with E-state index in [2.05, 4.69) is 33.8 Å². The van der Waals surface area contributed by atoms with Gasteiger partial charge in [-0.05, 0) is 48.9 Å². The fraction of sp³-hybridized carbons (Fsp3) is 0.588. The Balaban J connectivity index is 2.82. The molecule has 20 heavy (non-hydrogen) atoms. The lowest BCUT2D eigenvalue weighted by Crippen LogP contribution is -2.28. The van der Waals surface area contributed by atoms with Gasteiger partial charge in [0.15, 0.2) is 6.10 Å². The molecule has 0 aromatic heterocycles. The van der Waals surface area contributed by atoms with Gasteiger partial charge in [-0.2, -0.15) is 0 Å². The van der Waals surface area contributed by atoms with E-state index < -0.39 is 6.10 Å². The Kier molecular flexibility index (Phi) is 6.56. The zero-order chi connectivity index (χ0) is 15.1. The van der Waals surface area contributed by atoms with Gasteiger partial charge < -0.3 is 9.47 Å². The van der Waals surface area contributed by atoms with Crippen molar-refractivity contribution < 1.29 is 14.3 Å². The van der Waals surface area contributed by atoms with E-state index >= 15 is 0 Å². The molecule has 1 aromatic rings. The van der Waals surface area contributed by atoms with E-state index in [4.69, 9.17) is 9.47 Å². The first kappa shape index (κ1) is 16.5. The molecular weight excluding hydrogens is 252 g/mol. The van der Waals surface area contributed by atoms with Gasteiger partial charge in [0.25, 0.3) is 0 Å². The summed E-state index contributed by atoms with van der Waals surface area (Å²) in [5, 5.41) is 0. The molecule has 0 saturated carbocycles. The molecule has 0 aliphatic carbocycles. The normalized spacial score (nSPS) is 12.3. The van der Waals surface area contributed by atoms with Crippen LogP contribution in [0.2, 0.25) is 0 Å². The molecule has 0 fully saturated rings. The Labute approximate surface area is 122 Å². The van der Waals surface area contributed by atoms with Gasteiger partial charge >= 0.3 is 5.97 Å². The minimum absolute atomic E-state index is 0.302. The molecule has 1 unspecified atom stereocenters. The number of unbranched alkanes of at least 4 members (excludes halogenated alkanes) is 1. The molecule has 112 valence electrons.